The topological polar surface area (TPSA) is 32.3 Å². The Labute approximate surface area is 113 Å². The van der Waals surface area contributed by atoms with Crippen LogP contribution in [-0.4, -0.2) is 37.0 Å². The molecule has 1 unspecified atom stereocenters. The summed E-state index contributed by atoms with van der Waals surface area (Å²) in [4.78, 5) is 14.3. The van der Waals surface area contributed by atoms with Crippen molar-refractivity contribution in [1.82, 2.24) is 10.2 Å². The zero-order valence-electron chi connectivity index (χ0n) is 11.1. The number of nitrogens with one attached hydrogen (secondary N) is 1. The quantitative estimate of drug-likeness (QED) is 0.891. The van der Waals surface area contributed by atoms with Gasteiger partial charge in [-0.25, -0.2) is 0 Å². The summed E-state index contributed by atoms with van der Waals surface area (Å²) in [6, 6.07) is 14.4. The largest absolute Gasteiger partial charge is 0.337 e. The Morgan fingerprint density at radius 3 is 2.74 bits per heavy atom. The Morgan fingerprint density at radius 2 is 2.00 bits per heavy atom. The van der Waals surface area contributed by atoms with Crippen molar-refractivity contribution in [3.05, 3.63) is 48.0 Å². The molecule has 1 saturated heterocycles. The van der Waals surface area contributed by atoms with Crippen LogP contribution in [0.2, 0.25) is 0 Å². The summed E-state index contributed by atoms with van der Waals surface area (Å²) in [5, 5.41) is 5.58. The minimum atomic E-state index is 0.111. The smallest absolute Gasteiger partial charge is 0.253 e. The maximum Gasteiger partial charge on any atom is 0.253 e. The lowest BCUT2D eigenvalue weighted by Crippen LogP contribution is -2.38. The van der Waals surface area contributed by atoms with Gasteiger partial charge in [0.25, 0.3) is 5.91 Å². The van der Waals surface area contributed by atoms with E-state index in [2.05, 4.69) is 11.4 Å². The van der Waals surface area contributed by atoms with Crippen molar-refractivity contribution >= 4 is 16.7 Å². The number of nitrogens with zero attached hydrogens (tertiary/aromatic N) is 1. The third-order valence-corrected chi connectivity index (χ3v) is 3.90. The number of likely N-dealkylation sites (N-methyl/N-ethyl adjacent to an activating group) is 1. The summed E-state index contributed by atoms with van der Waals surface area (Å²) in [6.07, 6.45) is 1.04. The van der Waals surface area contributed by atoms with Gasteiger partial charge in [-0.3, -0.25) is 4.79 Å². The van der Waals surface area contributed by atoms with Crippen molar-refractivity contribution in [2.75, 3.05) is 20.1 Å². The first-order valence-corrected chi connectivity index (χ1v) is 6.72. The first kappa shape index (κ1) is 12.2. The van der Waals surface area contributed by atoms with Gasteiger partial charge in [0.05, 0.1) is 0 Å². The molecule has 1 atom stereocenters. The van der Waals surface area contributed by atoms with Gasteiger partial charge in [0.2, 0.25) is 0 Å². The predicted molar refractivity (Wildman–Crippen MR) is 77.3 cm³/mol. The molecule has 0 radical (unpaired) electrons. The maximum absolute atomic E-state index is 12.5. The molecule has 3 heteroatoms. The number of hydrogen-bond acceptors (Lipinski definition) is 2. The first-order chi connectivity index (χ1) is 9.25. The Morgan fingerprint density at radius 1 is 1.21 bits per heavy atom. The van der Waals surface area contributed by atoms with Gasteiger partial charge >= 0.3 is 0 Å². The summed E-state index contributed by atoms with van der Waals surface area (Å²) >= 11 is 0. The minimum absolute atomic E-state index is 0.111. The van der Waals surface area contributed by atoms with Gasteiger partial charge in [0, 0.05) is 25.2 Å². The van der Waals surface area contributed by atoms with Crippen LogP contribution in [0, 0.1) is 0 Å². The van der Waals surface area contributed by atoms with Crippen LogP contribution in [0.4, 0.5) is 0 Å². The van der Waals surface area contributed by atoms with Gasteiger partial charge in [-0.15, -0.1) is 0 Å². The fraction of sp³-hybridized carbons (Fsp3) is 0.312. The molecule has 1 fully saturated rings. The van der Waals surface area contributed by atoms with Crippen molar-refractivity contribution in [3.63, 3.8) is 0 Å². The molecule has 2 aromatic rings. The maximum atomic E-state index is 12.5. The second-order valence-corrected chi connectivity index (χ2v) is 5.12. The highest BCUT2D eigenvalue weighted by atomic mass is 16.2. The monoisotopic (exact) mass is 254 g/mol. The Balaban J connectivity index is 1.88. The van der Waals surface area contributed by atoms with Crippen LogP contribution < -0.4 is 5.32 Å². The summed E-state index contributed by atoms with van der Waals surface area (Å²) in [5.74, 6) is 0.111. The molecular formula is C16H18N2O. The number of carbonyl (C=O) groups is 1. The molecule has 2 aromatic carbocycles. The van der Waals surface area contributed by atoms with E-state index >= 15 is 0 Å². The molecule has 1 aliphatic heterocycles. The zero-order chi connectivity index (χ0) is 13.2. The van der Waals surface area contributed by atoms with Crippen molar-refractivity contribution in [2.45, 2.75) is 12.5 Å². The summed E-state index contributed by atoms with van der Waals surface area (Å²) in [6.45, 7) is 1.90. The second-order valence-electron chi connectivity index (χ2n) is 5.12. The van der Waals surface area contributed by atoms with E-state index in [1.807, 2.05) is 48.3 Å². The number of carbonyl (C=O) groups excluding carboxylic acids is 1. The third kappa shape index (κ3) is 2.34. The van der Waals surface area contributed by atoms with Crippen LogP contribution in [0.3, 0.4) is 0 Å². The average molecular weight is 254 g/mol. The van der Waals surface area contributed by atoms with Crippen molar-refractivity contribution in [1.29, 1.82) is 0 Å². The van der Waals surface area contributed by atoms with Crippen LogP contribution >= 0.6 is 0 Å². The molecular weight excluding hydrogens is 236 g/mol. The van der Waals surface area contributed by atoms with Gasteiger partial charge in [0.1, 0.15) is 0 Å². The zero-order valence-corrected chi connectivity index (χ0v) is 11.1. The van der Waals surface area contributed by atoms with E-state index in [1.54, 1.807) is 0 Å². The van der Waals surface area contributed by atoms with Crippen molar-refractivity contribution in [2.24, 2.45) is 0 Å². The van der Waals surface area contributed by atoms with Crippen LogP contribution in [0.25, 0.3) is 10.8 Å². The van der Waals surface area contributed by atoms with E-state index in [1.165, 1.54) is 5.39 Å². The Hall–Kier alpha value is -1.87. The highest BCUT2D eigenvalue weighted by Crippen LogP contribution is 2.18. The lowest BCUT2D eigenvalue weighted by Gasteiger charge is -2.24. The van der Waals surface area contributed by atoms with Crippen LogP contribution in [0.1, 0.15) is 16.8 Å². The van der Waals surface area contributed by atoms with E-state index in [-0.39, 0.29) is 5.91 Å². The van der Waals surface area contributed by atoms with Crippen LogP contribution in [0.5, 0.6) is 0 Å². The predicted octanol–water partition coefficient (Wildman–Crippen LogP) is 2.27. The lowest BCUT2D eigenvalue weighted by molar-refractivity contribution is 0.0744. The molecule has 19 heavy (non-hydrogen) atoms. The SMILES string of the molecule is CN(C(=O)c1ccc2ccccc2c1)C1CCNC1. The average Bonchev–Trinajstić information content (AvgIpc) is 2.99. The van der Waals surface area contributed by atoms with E-state index in [4.69, 9.17) is 0 Å². The number of fused-ring (bicyclic) bond motifs is 1. The summed E-state index contributed by atoms with van der Waals surface area (Å²) < 4.78 is 0. The number of rotatable bonds is 2. The standard InChI is InChI=1S/C16H18N2O/c1-18(15-8-9-17-11-15)16(19)14-7-6-12-4-2-3-5-13(12)10-14/h2-7,10,15,17H,8-9,11H2,1H3. The van der Waals surface area contributed by atoms with E-state index in [0.717, 1.165) is 30.5 Å². The molecule has 1 heterocycles. The highest BCUT2D eigenvalue weighted by Gasteiger charge is 2.23. The fourth-order valence-corrected chi connectivity index (χ4v) is 2.66. The number of amides is 1. The van der Waals surface area contributed by atoms with Gasteiger partial charge < -0.3 is 10.2 Å². The van der Waals surface area contributed by atoms with Crippen molar-refractivity contribution in [3.8, 4) is 0 Å². The first-order valence-electron chi connectivity index (χ1n) is 6.72. The van der Waals surface area contributed by atoms with Gasteiger partial charge in [-0.05, 0) is 35.9 Å². The number of hydrogen-bond donors (Lipinski definition) is 1. The molecule has 3 rings (SSSR count). The molecule has 1 aliphatic rings. The normalized spacial score (nSPS) is 18.7. The minimum Gasteiger partial charge on any atom is -0.337 e. The molecule has 3 nitrogen and oxygen atoms in total. The summed E-state index contributed by atoms with van der Waals surface area (Å²) in [5.41, 5.74) is 0.771. The van der Waals surface area contributed by atoms with Gasteiger partial charge in [-0.1, -0.05) is 30.3 Å². The van der Waals surface area contributed by atoms with Gasteiger partial charge in [-0.2, -0.15) is 0 Å². The van der Waals surface area contributed by atoms with Crippen molar-refractivity contribution < 1.29 is 4.79 Å². The van der Waals surface area contributed by atoms with E-state index < -0.39 is 0 Å². The van der Waals surface area contributed by atoms with Gasteiger partial charge in [0.15, 0.2) is 0 Å². The van der Waals surface area contributed by atoms with Crippen LogP contribution in [0.15, 0.2) is 42.5 Å². The second kappa shape index (κ2) is 5.02. The lowest BCUT2D eigenvalue weighted by atomic mass is 10.1. The molecule has 0 saturated carbocycles. The molecule has 1 amide bonds. The van der Waals surface area contributed by atoms with Crippen LogP contribution in [-0.2, 0) is 0 Å². The highest BCUT2D eigenvalue weighted by molar-refractivity contribution is 5.98. The number of benzene rings is 2. The van der Waals surface area contributed by atoms with E-state index in [9.17, 15) is 4.79 Å². The Bertz CT molecular complexity index is 602. The molecule has 0 aliphatic carbocycles. The molecule has 1 N–H and O–H groups in total. The Kier molecular flexibility index (Phi) is 3.22. The summed E-state index contributed by atoms with van der Waals surface area (Å²) in [7, 11) is 1.90. The molecule has 0 spiro atoms. The van der Waals surface area contributed by atoms with E-state index in [0.29, 0.717) is 6.04 Å². The molecule has 0 aromatic heterocycles. The molecule has 98 valence electrons. The fourth-order valence-electron chi connectivity index (χ4n) is 2.66. The molecule has 0 bridgehead atoms. The third-order valence-electron chi connectivity index (χ3n) is 3.90.